The van der Waals surface area contributed by atoms with Gasteiger partial charge in [0.15, 0.2) is 0 Å². The highest BCUT2D eigenvalue weighted by atomic mass is 16.5. The molecule has 4 N–H and O–H groups in total. The average Bonchev–Trinajstić information content (AvgIpc) is 3.62. The van der Waals surface area contributed by atoms with Crippen LogP contribution in [0.2, 0.25) is 0 Å². The standard InChI is InChI=1S/2C18H25N3O/c2*1-13-2-3-14-15-4-6-19-16(18(15)20-17(14)12-13)5-7-21-8-10-22-11-9-21/h2*2-3,12,16,19-20H,4-11H2,1H3/t2*16-/m10/s1. The van der Waals surface area contributed by atoms with Crippen molar-refractivity contribution in [3.05, 3.63) is 70.0 Å². The zero-order valence-corrected chi connectivity index (χ0v) is 26.6. The van der Waals surface area contributed by atoms with Crippen LogP contribution < -0.4 is 10.6 Å². The lowest BCUT2D eigenvalue weighted by molar-refractivity contribution is 0.0359. The monoisotopic (exact) mass is 598 g/mol. The molecule has 2 fully saturated rings. The number of benzene rings is 2. The Bertz CT molecular complexity index is 1430. The fraction of sp³-hybridized carbons (Fsp3) is 0.556. The summed E-state index contributed by atoms with van der Waals surface area (Å²) in [7, 11) is 0. The summed E-state index contributed by atoms with van der Waals surface area (Å²) in [5, 5.41) is 10.2. The van der Waals surface area contributed by atoms with Gasteiger partial charge in [-0.3, -0.25) is 9.80 Å². The Morgan fingerprint density at radius 2 is 1.07 bits per heavy atom. The Kier molecular flexibility index (Phi) is 9.35. The molecule has 236 valence electrons. The van der Waals surface area contributed by atoms with Gasteiger partial charge in [0, 0.05) is 84.5 Å². The second-order valence-corrected chi connectivity index (χ2v) is 13.1. The fourth-order valence-electron chi connectivity index (χ4n) is 7.63. The molecule has 6 heterocycles. The number of fused-ring (bicyclic) bond motifs is 6. The molecule has 44 heavy (non-hydrogen) atoms. The van der Waals surface area contributed by atoms with Gasteiger partial charge in [-0.2, -0.15) is 0 Å². The summed E-state index contributed by atoms with van der Waals surface area (Å²) in [4.78, 5) is 12.4. The van der Waals surface area contributed by atoms with E-state index in [0.717, 1.165) is 91.6 Å². The molecule has 2 aromatic carbocycles. The van der Waals surface area contributed by atoms with Gasteiger partial charge in [-0.1, -0.05) is 24.3 Å². The maximum atomic E-state index is 5.44. The Morgan fingerprint density at radius 1 is 0.636 bits per heavy atom. The predicted molar refractivity (Wildman–Crippen MR) is 179 cm³/mol. The Morgan fingerprint density at radius 3 is 1.50 bits per heavy atom. The van der Waals surface area contributed by atoms with Crippen LogP contribution in [-0.2, 0) is 22.3 Å². The summed E-state index contributed by atoms with van der Waals surface area (Å²) in [5.74, 6) is 0. The molecule has 0 amide bonds. The number of rotatable bonds is 6. The molecule has 0 spiro atoms. The minimum atomic E-state index is 0.458. The van der Waals surface area contributed by atoms with Gasteiger partial charge in [-0.25, -0.2) is 0 Å². The van der Waals surface area contributed by atoms with Gasteiger partial charge >= 0.3 is 0 Å². The summed E-state index contributed by atoms with van der Waals surface area (Å²) in [6.07, 6.45) is 4.59. The lowest BCUT2D eigenvalue weighted by Gasteiger charge is -2.30. The second kappa shape index (κ2) is 13.7. The molecule has 4 aromatic rings. The molecule has 2 saturated heterocycles. The van der Waals surface area contributed by atoms with Crippen molar-refractivity contribution in [3.63, 3.8) is 0 Å². The first kappa shape index (κ1) is 30.0. The van der Waals surface area contributed by atoms with E-state index < -0.39 is 0 Å². The molecule has 2 aromatic heterocycles. The number of aromatic amines is 2. The summed E-state index contributed by atoms with van der Waals surface area (Å²) < 4.78 is 10.9. The number of aryl methyl sites for hydroxylation is 2. The average molecular weight is 599 g/mol. The summed E-state index contributed by atoms with van der Waals surface area (Å²) in [6, 6.07) is 14.5. The topological polar surface area (TPSA) is 80.6 Å². The minimum absolute atomic E-state index is 0.458. The van der Waals surface area contributed by atoms with E-state index >= 15 is 0 Å². The van der Waals surface area contributed by atoms with Gasteiger partial charge in [0.2, 0.25) is 0 Å². The zero-order chi connectivity index (χ0) is 29.9. The molecular formula is C36H50N6O2. The van der Waals surface area contributed by atoms with Gasteiger partial charge in [-0.15, -0.1) is 0 Å². The highest BCUT2D eigenvalue weighted by Crippen LogP contribution is 2.33. The number of H-pyrrole nitrogens is 2. The van der Waals surface area contributed by atoms with Crippen molar-refractivity contribution in [3.8, 4) is 0 Å². The first-order chi connectivity index (χ1) is 21.6. The molecule has 0 bridgehead atoms. The molecule has 8 heteroatoms. The third-order valence-electron chi connectivity index (χ3n) is 10.1. The maximum Gasteiger partial charge on any atom is 0.0594 e. The molecule has 8 nitrogen and oxygen atoms in total. The lowest BCUT2D eigenvalue weighted by atomic mass is 9.97. The Labute approximate surface area is 261 Å². The van der Waals surface area contributed by atoms with Crippen molar-refractivity contribution in [2.24, 2.45) is 0 Å². The highest BCUT2D eigenvalue weighted by Gasteiger charge is 2.26. The Balaban J connectivity index is 0.000000142. The summed E-state index contributed by atoms with van der Waals surface area (Å²) in [5.41, 5.74) is 11.1. The number of nitrogens with one attached hydrogen (secondary N) is 4. The number of ether oxygens (including phenoxy) is 2. The molecule has 0 aliphatic carbocycles. The zero-order valence-electron chi connectivity index (χ0n) is 26.6. The van der Waals surface area contributed by atoms with Gasteiger partial charge in [0.25, 0.3) is 0 Å². The van der Waals surface area contributed by atoms with Crippen LogP contribution in [0, 0.1) is 13.8 Å². The van der Waals surface area contributed by atoms with Crippen LogP contribution in [0.1, 0.15) is 58.6 Å². The van der Waals surface area contributed by atoms with Gasteiger partial charge in [0.05, 0.1) is 26.4 Å². The SMILES string of the molecule is Cc1ccc2c3c([nH]c2c1)[C@@H](CCN1CCOCC1)NCC3.Cc1ccc2c3c([nH]c2c1)[C@H](CCN1CCOCC1)NCC3. The van der Waals surface area contributed by atoms with Crippen molar-refractivity contribution in [2.75, 3.05) is 78.8 Å². The maximum absolute atomic E-state index is 5.44. The van der Waals surface area contributed by atoms with Crippen LogP contribution in [0.3, 0.4) is 0 Å². The molecule has 0 saturated carbocycles. The van der Waals surface area contributed by atoms with E-state index in [1.54, 1.807) is 0 Å². The Hall–Kier alpha value is -2.72. The number of aromatic nitrogens is 2. The van der Waals surface area contributed by atoms with Crippen molar-refractivity contribution < 1.29 is 9.47 Å². The van der Waals surface area contributed by atoms with E-state index in [1.165, 1.54) is 68.3 Å². The third-order valence-corrected chi connectivity index (χ3v) is 10.1. The number of hydrogen-bond donors (Lipinski definition) is 4. The normalized spacial score (nSPS) is 22.9. The van der Waals surface area contributed by atoms with Crippen molar-refractivity contribution >= 4 is 21.8 Å². The van der Waals surface area contributed by atoms with Crippen LogP contribution in [0.4, 0.5) is 0 Å². The van der Waals surface area contributed by atoms with Crippen molar-refractivity contribution in [1.82, 2.24) is 30.4 Å². The lowest BCUT2D eigenvalue weighted by Crippen LogP contribution is -2.39. The van der Waals surface area contributed by atoms with Crippen molar-refractivity contribution in [2.45, 2.75) is 51.6 Å². The van der Waals surface area contributed by atoms with E-state index in [0.29, 0.717) is 12.1 Å². The van der Waals surface area contributed by atoms with Gasteiger partial charge in [0.1, 0.15) is 0 Å². The molecule has 2 atom stereocenters. The van der Waals surface area contributed by atoms with E-state index in [2.05, 4.69) is 80.6 Å². The smallest absolute Gasteiger partial charge is 0.0594 e. The predicted octanol–water partition coefficient (Wildman–Crippen LogP) is 4.77. The van der Waals surface area contributed by atoms with Gasteiger partial charge in [-0.05, 0) is 87.0 Å². The first-order valence-corrected chi connectivity index (χ1v) is 16.9. The van der Waals surface area contributed by atoms with Crippen molar-refractivity contribution in [1.29, 1.82) is 0 Å². The summed E-state index contributed by atoms with van der Waals surface area (Å²) >= 11 is 0. The van der Waals surface area contributed by atoms with Crippen LogP contribution in [0.25, 0.3) is 21.8 Å². The minimum Gasteiger partial charge on any atom is -0.379 e. The van der Waals surface area contributed by atoms with Crippen LogP contribution in [0.5, 0.6) is 0 Å². The quantitative estimate of drug-likeness (QED) is 0.256. The van der Waals surface area contributed by atoms with E-state index in [1.807, 2.05) is 0 Å². The largest absolute Gasteiger partial charge is 0.379 e. The second-order valence-electron chi connectivity index (χ2n) is 13.1. The number of nitrogens with zero attached hydrogens (tertiary/aromatic N) is 2. The van der Waals surface area contributed by atoms with E-state index in [9.17, 15) is 0 Å². The third kappa shape index (κ3) is 6.62. The molecule has 4 aliphatic rings. The molecule has 0 radical (unpaired) electrons. The summed E-state index contributed by atoms with van der Waals surface area (Å²) in [6.45, 7) is 16.6. The van der Waals surface area contributed by atoms with Crippen LogP contribution in [0.15, 0.2) is 36.4 Å². The van der Waals surface area contributed by atoms with Crippen LogP contribution in [-0.4, -0.2) is 98.6 Å². The number of hydrogen-bond acceptors (Lipinski definition) is 6. The molecule has 0 unspecified atom stereocenters. The van der Waals surface area contributed by atoms with Gasteiger partial charge < -0.3 is 30.1 Å². The first-order valence-electron chi connectivity index (χ1n) is 16.9. The number of morpholine rings is 2. The molecular weight excluding hydrogens is 548 g/mol. The van der Waals surface area contributed by atoms with Crippen LogP contribution >= 0.6 is 0 Å². The van der Waals surface area contributed by atoms with E-state index in [-0.39, 0.29) is 0 Å². The molecule has 8 rings (SSSR count). The highest BCUT2D eigenvalue weighted by molar-refractivity contribution is 5.86. The van der Waals surface area contributed by atoms with E-state index in [4.69, 9.17) is 9.47 Å². The fourth-order valence-corrected chi connectivity index (χ4v) is 7.63. The molecule has 4 aliphatic heterocycles.